The summed E-state index contributed by atoms with van der Waals surface area (Å²) in [6.07, 6.45) is 5.78. The molecule has 1 amide bonds. The van der Waals surface area contributed by atoms with Gasteiger partial charge in [-0.1, -0.05) is 0 Å². The van der Waals surface area contributed by atoms with E-state index in [0.29, 0.717) is 6.16 Å². The van der Waals surface area contributed by atoms with Crippen molar-refractivity contribution in [2.24, 2.45) is 0 Å². The van der Waals surface area contributed by atoms with Crippen molar-refractivity contribution >= 4 is 24.8 Å². The first-order valence-corrected chi connectivity index (χ1v) is 14.2. The maximum atomic E-state index is 13.4. The Kier molecular flexibility index (Phi) is 8.31. The SMILES string of the molecule is COc1cc(C)c(NC(=O)C(C)[PH]2(CC(=O)OCc3ccccc3)CCCCC2)c(C)c1. The van der Waals surface area contributed by atoms with Crippen LogP contribution in [-0.4, -0.2) is 43.1 Å². The van der Waals surface area contributed by atoms with Crippen molar-refractivity contribution in [2.75, 3.05) is 30.9 Å². The molecule has 3 rings (SSSR count). The summed E-state index contributed by atoms with van der Waals surface area (Å²) >= 11 is 0. The minimum atomic E-state index is -2.17. The zero-order valence-electron chi connectivity index (χ0n) is 19.7. The number of carbonyl (C=O) groups excluding carboxylic acids is 2. The summed E-state index contributed by atoms with van der Waals surface area (Å²) in [5.41, 5.74) is 3.62. The summed E-state index contributed by atoms with van der Waals surface area (Å²) in [5.74, 6) is 0.634. The number of anilines is 1. The van der Waals surface area contributed by atoms with Crippen molar-refractivity contribution in [3.8, 4) is 5.75 Å². The van der Waals surface area contributed by atoms with Gasteiger partial charge < -0.3 is 0 Å². The Morgan fingerprint density at radius 1 is 1.03 bits per heavy atom. The Balaban J connectivity index is 1.71. The topological polar surface area (TPSA) is 64.6 Å². The van der Waals surface area contributed by atoms with Gasteiger partial charge in [-0.2, -0.15) is 0 Å². The Labute approximate surface area is 192 Å². The van der Waals surface area contributed by atoms with Crippen LogP contribution in [0.15, 0.2) is 42.5 Å². The van der Waals surface area contributed by atoms with E-state index < -0.39 is 7.26 Å². The van der Waals surface area contributed by atoms with E-state index in [0.717, 1.165) is 53.3 Å². The fourth-order valence-electron chi connectivity index (χ4n) is 4.84. The number of aryl methyl sites for hydroxylation is 2. The monoisotopic (exact) mass is 457 g/mol. The molecule has 2 aromatic carbocycles. The van der Waals surface area contributed by atoms with Crippen molar-refractivity contribution in [1.29, 1.82) is 0 Å². The molecule has 0 spiro atoms. The summed E-state index contributed by atoms with van der Waals surface area (Å²) in [4.78, 5) is 26.2. The Bertz CT molecular complexity index is 915. The van der Waals surface area contributed by atoms with Crippen LogP contribution in [0.4, 0.5) is 5.69 Å². The normalized spacial score (nSPS) is 17.1. The molecule has 1 fully saturated rings. The summed E-state index contributed by atoms with van der Waals surface area (Å²) in [6, 6.07) is 13.6. The first-order chi connectivity index (χ1) is 15.3. The zero-order chi connectivity index (χ0) is 23.1. The number of hydrogen-bond acceptors (Lipinski definition) is 4. The number of esters is 1. The van der Waals surface area contributed by atoms with Crippen LogP contribution in [0, 0.1) is 13.8 Å². The van der Waals surface area contributed by atoms with Gasteiger partial charge in [0.15, 0.2) is 0 Å². The Morgan fingerprint density at radius 2 is 1.66 bits per heavy atom. The molecule has 1 heterocycles. The van der Waals surface area contributed by atoms with Crippen LogP contribution in [0.1, 0.15) is 42.9 Å². The molecule has 1 unspecified atom stereocenters. The van der Waals surface area contributed by atoms with E-state index in [4.69, 9.17) is 9.47 Å². The third kappa shape index (κ3) is 5.89. The molecule has 1 N–H and O–H groups in total. The molecule has 5 nitrogen and oxygen atoms in total. The van der Waals surface area contributed by atoms with Gasteiger partial charge >= 0.3 is 192 Å². The van der Waals surface area contributed by atoms with E-state index in [1.807, 2.05) is 63.2 Å². The molecule has 0 aromatic heterocycles. The van der Waals surface area contributed by atoms with Gasteiger partial charge in [0.2, 0.25) is 0 Å². The molecule has 6 heteroatoms. The Hall–Kier alpha value is -2.39. The van der Waals surface area contributed by atoms with Crippen LogP contribution in [0.3, 0.4) is 0 Å². The van der Waals surface area contributed by atoms with Crippen molar-refractivity contribution in [1.82, 2.24) is 0 Å². The van der Waals surface area contributed by atoms with Crippen LogP contribution in [0.2, 0.25) is 0 Å². The minimum absolute atomic E-state index is 0.0193. The number of nitrogens with one attached hydrogen (secondary N) is 1. The molecular weight excluding hydrogens is 421 g/mol. The van der Waals surface area contributed by atoms with E-state index in [9.17, 15) is 9.59 Å². The van der Waals surface area contributed by atoms with Crippen molar-refractivity contribution in [2.45, 2.75) is 52.3 Å². The number of rotatable bonds is 8. The third-order valence-electron chi connectivity index (χ3n) is 6.89. The standard InChI is InChI=1S/C26H36NO4P/c1-19-15-23(30-4)16-20(2)25(19)27-26(29)21(3)32(13-9-6-10-14-32)18-24(28)31-17-22-11-7-5-8-12-22/h5,7-8,11-12,15-16,21,32H,6,9-10,13-14,17-18H2,1-4H3,(H,27,29). The van der Waals surface area contributed by atoms with E-state index in [1.54, 1.807) is 7.11 Å². The van der Waals surface area contributed by atoms with Gasteiger partial charge in [-0.25, -0.2) is 0 Å². The van der Waals surface area contributed by atoms with Crippen LogP contribution in [0.25, 0.3) is 0 Å². The fourth-order valence-corrected chi connectivity index (χ4v) is 9.83. The number of benzene rings is 2. The molecule has 1 saturated heterocycles. The molecule has 0 bridgehead atoms. The first-order valence-electron chi connectivity index (χ1n) is 11.5. The number of amides is 1. The second-order valence-corrected chi connectivity index (χ2v) is 14.0. The second-order valence-electron chi connectivity index (χ2n) is 9.09. The van der Waals surface area contributed by atoms with E-state index >= 15 is 0 Å². The molecule has 1 aliphatic rings. The van der Waals surface area contributed by atoms with Gasteiger partial charge in [0.05, 0.1) is 0 Å². The van der Waals surface area contributed by atoms with Gasteiger partial charge in [-0.3, -0.25) is 0 Å². The van der Waals surface area contributed by atoms with E-state index in [-0.39, 0.29) is 24.1 Å². The van der Waals surface area contributed by atoms with Crippen molar-refractivity contribution in [3.05, 3.63) is 59.2 Å². The summed E-state index contributed by atoms with van der Waals surface area (Å²) in [6.45, 7) is 6.26. The van der Waals surface area contributed by atoms with Gasteiger partial charge in [-0.15, -0.1) is 0 Å². The molecule has 0 aliphatic carbocycles. The molecule has 174 valence electrons. The average molecular weight is 458 g/mol. The quantitative estimate of drug-likeness (QED) is 0.431. The fraction of sp³-hybridized carbons (Fsp3) is 0.462. The zero-order valence-corrected chi connectivity index (χ0v) is 20.7. The average Bonchev–Trinajstić information content (AvgIpc) is 2.80. The number of carbonyl (C=O) groups is 2. The third-order valence-corrected chi connectivity index (χ3v) is 12.7. The summed E-state index contributed by atoms with van der Waals surface area (Å²) < 4.78 is 11.0. The Morgan fingerprint density at radius 3 is 2.25 bits per heavy atom. The molecule has 0 radical (unpaired) electrons. The van der Waals surface area contributed by atoms with Gasteiger partial charge in [0.1, 0.15) is 0 Å². The number of methoxy groups -OCH3 is 1. The van der Waals surface area contributed by atoms with Gasteiger partial charge in [-0.05, 0) is 0 Å². The van der Waals surface area contributed by atoms with Gasteiger partial charge in [0.25, 0.3) is 0 Å². The van der Waals surface area contributed by atoms with Gasteiger partial charge in [0, 0.05) is 0 Å². The van der Waals surface area contributed by atoms with E-state index in [2.05, 4.69) is 5.32 Å². The predicted molar refractivity (Wildman–Crippen MR) is 134 cm³/mol. The summed E-state index contributed by atoms with van der Waals surface area (Å²) in [5, 5.41) is 3.17. The first kappa shape index (κ1) is 24.3. The van der Waals surface area contributed by atoms with Crippen LogP contribution < -0.4 is 10.1 Å². The number of ether oxygens (including phenoxy) is 2. The van der Waals surface area contributed by atoms with Crippen molar-refractivity contribution in [3.63, 3.8) is 0 Å². The molecule has 2 aromatic rings. The summed E-state index contributed by atoms with van der Waals surface area (Å²) in [7, 11) is -0.525. The predicted octanol–water partition coefficient (Wildman–Crippen LogP) is 5.32. The molecule has 32 heavy (non-hydrogen) atoms. The molecule has 1 aliphatic heterocycles. The molecule has 0 saturated carbocycles. The van der Waals surface area contributed by atoms with Crippen LogP contribution in [0.5, 0.6) is 5.75 Å². The molecule has 1 atom stereocenters. The second kappa shape index (κ2) is 11.0. The maximum absolute atomic E-state index is 13.4. The molecular formula is C26H36NO4P. The number of hydrogen-bond donors (Lipinski definition) is 1. The van der Waals surface area contributed by atoms with Crippen LogP contribution in [-0.2, 0) is 20.9 Å². The van der Waals surface area contributed by atoms with E-state index in [1.165, 1.54) is 6.42 Å². The van der Waals surface area contributed by atoms with Crippen molar-refractivity contribution < 1.29 is 19.1 Å². The van der Waals surface area contributed by atoms with Crippen LogP contribution >= 0.6 is 7.26 Å².